The highest BCUT2D eigenvalue weighted by molar-refractivity contribution is 8.00. The molecule has 1 unspecified atom stereocenters. The maximum Gasteiger partial charge on any atom is 0.296 e. The van der Waals surface area contributed by atoms with Crippen molar-refractivity contribution in [3.63, 3.8) is 0 Å². The van der Waals surface area contributed by atoms with Gasteiger partial charge in [0.1, 0.15) is 0 Å². The molecule has 6 rings (SSSR count). The zero-order valence-corrected chi connectivity index (χ0v) is 28.1. The number of unbranched alkanes of at least 4 members (excludes halogenated alkanes) is 1. The second-order valence-electron chi connectivity index (χ2n) is 10.5. The Kier molecular flexibility index (Phi) is 9.71. The van der Waals surface area contributed by atoms with Crippen LogP contribution in [0.3, 0.4) is 0 Å². The first-order valence-electron chi connectivity index (χ1n) is 14.7. The molecule has 0 bridgehead atoms. The number of para-hydroxylation sites is 1. The number of carbonyl (C=O) groups is 2. The van der Waals surface area contributed by atoms with Gasteiger partial charge in [0, 0.05) is 16.2 Å². The molecular formula is C34H30ClN3O7S2. The summed E-state index contributed by atoms with van der Waals surface area (Å²) in [5.41, 5.74) is 1.61. The van der Waals surface area contributed by atoms with Crippen LogP contribution in [0.15, 0.2) is 86.8 Å². The van der Waals surface area contributed by atoms with Crippen LogP contribution in [0.1, 0.15) is 47.5 Å². The van der Waals surface area contributed by atoms with Crippen molar-refractivity contribution in [3.05, 3.63) is 100.0 Å². The number of ether oxygens (including phenoxy) is 3. The van der Waals surface area contributed by atoms with Crippen LogP contribution >= 0.6 is 34.7 Å². The van der Waals surface area contributed by atoms with Gasteiger partial charge in [0.15, 0.2) is 38.7 Å². The number of aliphatic hydroxyl groups excluding tert-OH is 1. The van der Waals surface area contributed by atoms with Gasteiger partial charge in [-0.3, -0.25) is 14.5 Å². The lowest BCUT2D eigenvalue weighted by atomic mass is 9.95. The van der Waals surface area contributed by atoms with Crippen molar-refractivity contribution in [2.45, 2.75) is 35.9 Å². The summed E-state index contributed by atoms with van der Waals surface area (Å²) in [6, 6.07) is 18.4. The third kappa shape index (κ3) is 6.40. The number of thioether (sulfide) groups is 1. The molecule has 1 aliphatic heterocycles. The highest BCUT2D eigenvalue weighted by atomic mass is 35.5. The first-order chi connectivity index (χ1) is 22.8. The number of benzene rings is 3. The molecule has 1 amide bonds. The molecule has 47 heavy (non-hydrogen) atoms. The van der Waals surface area contributed by atoms with Gasteiger partial charge in [-0.15, -0.1) is 10.2 Å². The van der Waals surface area contributed by atoms with Crippen molar-refractivity contribution in [2.24, 2.45) is 0 Å². The van der Waals surface area contributed by atoms with E-state index in [2.05, 4.69) is 17.1 Å². The molecule has 1 aliphatic rings. The lowest BCUT2D eigenvalue weighted by molar-refractivity contribution is -0.117. The number of nitrogens with zero attached hydrogens (tertiary/aromatic N) is 3. The van der Waals surface area contributed by atoms with Gasteiger partial charge in [-0.25, -0.2) is 0 Å². The SMILES string of the molecule is CCCCOc1ccc(C2C(C(=O)c3cc4cccc(OC)c4o3)=C(O)C(=O)N2c2nnc(SCc3ccccc3Cl)s2)cc1OC. The topological polar surface area (TPSA) is 124 Å². The van der Waals surface area contributed by atoms with Gasteiger partial charge in [0.05, 0.1) is 32.4 Å². The number of amides is 1. The van der Waals surface area contributed by atoms with Crippen LogP contribution in [0.2, 0.25) is 5.02 Å². The normalized spacial score (nSPS) is 14.7. The molecule has 0 aliphatic carbocycles. The van der Waals surface area contributed by atoms with E-state index in [0.29, 0.717) is 55.5 Å². The summed E-state index contributed by atoms with van der Waals surface area (Å²) in [7, 11) is 3.01. The first kappa shape index (κ1) is 32.4. The Hall–Kier alpha value is -4.52. The highest BCUT2D eigenvalue weighted by Gasteiger charge is 2.47. The minimum atomic E-state index is -1.09. The van der Waals surface area contributed by atoms with Gasteiger partial charge in [-0.1, -0.05) is 84.4 Å². The second kappa shape index (κ2) is 14.1. The number of ketones is 1. The van der Waals surface area contributed by atoms with E-state index >= 15 is 0 Å². The molecule has 10 nitrogen and oxygen atoms in total. The number of carbonyl (C=O) groups excluding carboxylic acids is 2. The van der Waals surface area contributed by atoms with E-state index in [1.807, 2.05) is 24.3 Å². The number of Topliss-reactive ketones (excluding diaryl/α,β-unsaturated/α-hetero) is 1. The maximum absolute atomic E-state index is 14.2. The third-order valence-corrected chi connectivity index (χ3v) is 10.0. The number of hydrogen-bond acceptors (Lipinski definition) is 11. The molecule has 0 spiro atoms. The summed E-state index contributed by atoms with van der Waals surface area (Å²) in [6.07, 6.45) is 1.82. The molecule has 0 radical (unpaired) electrons. The maximum atomic E-state index is 14.2. The van der Waals surface area contributed by atoms with E-state index in [4.69, 9.17) is 30.2 Å². The minimum Gasteiger partial charge on any atom is -0.503 e. The average molecular weight is 692 g/mol. The monoisotopic (exact) mass is 691 g/mol. The van der Waals surface area contributed by atoms with Crippen molar-refractivity contribution in [3.8, 4) is 17.2 Å². The van der Waals surface area contributed by atoms with Gasteiger partial charge in [-0.05, 0) is 47.9 Å². The lowest BCUT2D eigenvalue weighted by Crippen LogP contribution is -2.31. The number of hydrogen-bond donors (Lipinski definition) is 1. The number of methoxy groups -OCH3 is 2. The predicted octanol–water partition coefficient (Wildman–Crippen LogP) is 8.21. The van der Waals surface area contributed by atoms with Crippen molar-refractivity contribution in [2.75, 3.05) is 25.7 Å². The largest absolute Gasteiger partial charge is 0.503 e. The van der Waals surface area contributed by atoms with Crippen molar-refractivity contribution in [1.82, 2.24) is 10.2 Å². The molecule has 0 fully saturated rings. The van der Waals surface area contributed by atoms with Crippen molar-refractivity contribution >= 4 is 62.5 Å². The molecule has 242 valence electrons. The Morgan fingerprint density at radius 1 is 1.04 bits per heavy atom. The van der Waals surface area contributed by atoms with Crippen LogP contribution in [0.5, 0.6) is 17.2 Å². The summed E-state index contributed by atoms with van der Waals surface area (Å²) in [5.74, 6) is -0.341. The van der Waals surface area contributed by atoms with Crippen LogP contribution in [0.25, 0.3) is 11.0 Å². The summed E-state index contributed by atoms with van der Waals surface area (Å²) in [5, 5.41) is 21.4. The number of furan rings is 1. The Balaban J connectivity index is 1.40. The lowest BCUT2D eigenvalue weighted by Gasteiger charge is -2.24. The molecule has 1 atom stereocenters. The number of halogens is 1. The average Bonchev–Trinajstić information content (AvgIpc) is 3.80. The number of aromatic nitrogens is 2. The second-order valence-corrected chi connectivity index (χ2v) is 13.1. The third-order valence-electron chi connectivity index (χ3n) is 7.57. The zero-order chi connectivity index (χ0) is 33.1. The fourth-order valence-electron chi connectivity index (χ4n) is 5.20. The van der Waals surface area contributed by atoms with Gasteiger partial charge in [0.2, 0.25) is 10.9 Å². The van der Waals surface area contributed by atoms with Crippen molar-refractivity contribution in [1.29, 1.82) is 0 Å². The van der Waals surface area contributed by atoms with Crippen molar-refractivity contribution < 1.29 is 33.3 Å². The Bertz CT molecular complexity index is 1990. The Labute approximate surface area is 283 Å². The zero-order valence-electron chi connectivity index (χ0n) is 25.7. The van der Waals surface area contributed by atoms with Crippen LogP contribution in [0, 0.1) is 0 Å². The fraction of sp³-hybridized carbons (Fsp3) is 0.235. The fourth-order valence-corrected chi connectivity index (χ4v) is 7.36. The molecule has 0 saturated carbocycles. The van der Waals surface area contributed by atoms with Crippen LogP contribution < -0.4 is 19.1 Å². The number of anilines is 1. The van der Waals surface area contributed by atoms with Gasteiger partial charge >= 0.3 is 0 Å². The summed E-state index contributed by atoms with van der Waals surface area (Å²) in [4.78, 5) is 29.3. The van der Waals surface area contributed by atoms with E-state index in [1.54, 1.807) is 42.5 Å². The number of fused-ring (bicyclic) bond motifs is 1. The van der Waals surface area contributed by atoms with Gasteiger partial charge < -0.3 is 23.7 Å². The van der Waals surface area contributed by atoms with Crippen LogP contribution in [-0.4, -0.2) is 47.8 Å². The predicted molar refractivity (Wildman–Crippen MR) is 181 cm³/mol. The Morgan fingerprint density at radius 3 is 2.62 bits per heavy atom. The van der Waals surface area contributed by atoms with Gasteiger partial charge in [0.25, 0.3) is 5.91 Å². The minimum absolute atomic E-state index is 0.0644. The van der Waals surface area contributed by atoms with E-state index in [-0.39, 0.29) is 16.5 Å². The number of rotatable bonds is 13. The molecule has 3 heterocycles. The van der Waals surface area contributed by atoms with E-state index in [1.165, 1.54) is 30.9 Å². The van der Waals surface area contributed by atoms with Gasteiger partial charge in [-0.2, -0.15) is 0 Å². The smallest absolute Gasteiger partial charge is 0.296 e. The summed E-state index contributed by atoms with van der Waals surface area (Å²) < 4.78 is 23.5. The first-order valence-corrected chi connectivity index (χ1v) is 16.9. The van der Waals surface area contributed by atoms with E-state index in [9.17, 15) is 14.7 Å². The standard InChI is InChI=1S/C34H30ClN3O7S2/c1-4-5-15-44-23-14-13-19(16-25(23)43-3)28-27(29(39)26-17-20-10-8-12-24(42-2)31(20)45-26)30(40)32(41)38(28)33-36-37-34(47-33)46-18-21-9-6-7-11-22(21)35/h6-14,16-17,28,40H,4-5,15,18H2,1-3H3. The molecule has 1 N–H and O–H groups in total. The molecule has 5 aromatic rings. The Morgan fingerprint density at radius 2 is 1.85 bits per heavy atom. The molecule has 3 aromatic carbocycles. The van der Waals surface area contributed by atoms with Crippen LogP contribution in [0.4, 0.5) is 5.13 Å². The number of aliphatic hydroxyl groups is 1. The van der Waals surface area contributed by atoms with E-state index < -0.39 is 23.5 Å². The molecule has 13 heteroatoms. The summed E-state index contributed by atoms with van der Waals surface area (Å²) in [6.45, 7) is 2.57. The van der Waals surface area contributed by atoms with E-state index in [0.717, 1.165) is 29.7 Å². The summed E-state index contributed by atoms with van der Waals surface area (Å²) >= 11 is 8.91. The quantitative estimate of drug-likeness (QED) is 0.0559. The highest BCUT2D eigenvalue weighted by Crippen LogP contribution is 2.46. The molecule has 0 saturated heterocycles. The molecular weight excluding hydrogens is 662 g/mol. The van der Waals surface area contributed by atoms with Crippen LogP contribution in [-0.2, 0) is 10.5 Å². The molecule has 2 aromatic heterocycles.